The number of nitrogens with zero attached hydrogens (tertiary/aromatic N) is 4. The number of thioether (sulfide) groups is 1. The van der Waals surface area contributed by atoms with Gasteiger partial charge in [-0.25, -0.2) is 0 Å². The molecule has 0 unspecified atom stereocenters. The fraction of sp³-hybridized carbons (Fsp3) is 0.241. The van der Waals surface area contributed by atoms with E-state index in [1.54, 1.807) is 31.4 Å². The van der Waals surface area contributed by atoms with Crippen LogP contribution in [0.2, 0.25) is 0 Å². The quantitative estimate of drug-likeness (QED) is 0.339. The van der Waals surface area contributed by atoms with Gasteiger partial charge in [0.05, 0.1) is 25.1 Å². The molecule has 0 saturated heterocycles. The number of anilines is 1. The highest BCUT2D eigenvalue weighted by Gasteiger charge is 2.25. The molecule has 5 rings (SSSR count). The van der Waals surface area contributed by atoms with Gasteiger partial charge in [-0.1, -0.05) is 48.2 Å². The van der Waals surface area contributed by atoms with Gasteiger partial charge in [-0.3, -0.25) is 14.2 Å². The van der Waals surface area contributed by atoms with Gasteiger partial charge < -0.3 is 15.0 Å². The van der Waals surface area contributed by atoms with E-state index in [9.17, 15) is 9.59 Å². The van der Waals surface area contributed by atoms with E-state index in [0.717, 1.165) is 28.9 Å². The Hall–Kier alpha value is -4.11. The maximum absolute atomic E-state index is 13.2. The predicted octanol–water partition coefficient (Wildman–Crippen LogP) is 4.50. The molecule has 0 saturated carbocycles. The Balaban J connectivity index is 1.38. The van der Waals surface area contributed by atoms with Crippen LogP contribution in [0.4, 0.5) is 5.69 Å². The van der Waals surface area contributed by atoms with E-state index in [-0.39, 0.29) is 24.1 Å². The lowest BCUT2D eigenvalue weighted by Crippen LogP contribution is -2.30. The van der Waals surface area contributed by atoms with E-state index in [4.69, 9.17) is 4.74 Å². The maximum atomic E-state index is 13.2. The van der Waals surface area contributed by atoms with Crippen molar-refractivity contribution >= 4 is 29.3 Å². The van der Waals surface area contributed by atoms with Crippen molar-refractivity contribution in [1.82, 2.24) is 20.1 Å². The zero-order valence-corrected chi connectivity index (χ0v) is 22.4. The van der Waals surface area contributed by atoms with Gasteiger partial charge in [-0.05, 0) is 67.3 Å². The highest BCUT2D eigenvalue weighted by Crippen LogP contribution is 2.30. The van der Waals surface area contributed by atoms with Crippen molar-refractivity contribution in [2.24, 2.45) is 0 Å². The van der Waals surface area contributed by atoms with Crippen molar-refractivity contribution < 1.29 is 14.3 Å². The Morgan fingerprint density at radius 1 is 1.00 bits per heavy atom. The van der Waals surface area contributed by atoms with Gasteiger partial charge in [0.25, 0.3) is 5.91 Å². The van der Waals surface area contributed by atoms with E-state index in [0.29, 0.717) is 28.8 Å². The van der Waals surface area contributed by atoms with Gasteiger partial charge in [-0.15, -0.1) is 10.2 Å². The first-order valence-corrected chi connectivity index (χ1v) is 13.4. The van der Waals surface area contributed by atoms with Crippen LogP contribution in [0.3, 0.4) is 0 Å². The van der Waals surface area contributed by atoms with E-state index in [1.165, 1.54) is 17.3 Å². The van der Waals surface area contributed by atoms with Crippen molar-refractivity contribution in [3.05, 3.63) is 94.8 Å². The number of carbonyl (C=O) groups is 2. The van der Waals surface area contributed by atoms with E-state index >= 15 is 0 Å². The van der Waals surface area contributed by atoms with Gasteiger partial charge >= 0.3 is 0 Å². The van der Waals surface area contributed by atoms with Crippen molar-refractivity contribution in [3.8, 4) is 11.4 Å². The van der Waals surface area contributed by atoms with Crippen LogP contribution in [0, 0.1) is 13.8 Å². The number of aromatic nitrogens is 3. The summed E-state index contributed by atoms with van der Waals surface area (Å²) in [5.41, 5.74) is 5.79. The van der Waals surface area contributed by atoms with Crippen LogP contribution in [0.1, 0.15) is 32.9 Å². The highest BCUT2D eigenvalue weighted by molar-refractivity contribution is 7.99. The summed E-state index contributed by atoms with van der Waals surface area (Å²) in [5, 5.41) is 12.4. The summed E-state index contributed by atoms with van der Waals surface area (Å²) in [7, 11) is 1.57. The third-order valence-corrected chi connectivity index (χ3v) is 7.68. The molecule has 1 aromatic heterocycles. The minimum atomic E-state index is -0.239. The first kappa shape index (κ1) is 25.5. The topological polar surface area (TPSA) is 89.3 Å². The van der Waals surface area contributed by atoms with Crippen LogP contribution in [0.15, 0.2) is 71.9 Å². The number of carbonyl (C=O) groups excluding carboxylic acids is 2. The lowest BCUT2D eigenvalue weighted by Gasteiger charge is -2.18. The number of amides is 2. The van der Waals surface area contributed by atoms with Crippen LogP contribution in [-0.2, 0) is 17.8 Å². The standard InChI is InChI=1S/C29H29N5O3S/c1-19-8-6-13-24(20(19)2)34-26(17-30-28(36)22-10-7-11-23(16-22)37-3)31-32-29(34)38-18-27(35)33-15-14-21-9-4-5-12-25(21)33/h4-13,16H,14-15,17-18H2,1-3H3,(H,30,36). The number of rotatable bonds is 8. The zero-order chi connectivity index (χ0) is 26.6. The van der Waals surface area contributed by atoms with Crippen LogP contribution in [0.5, 0.6) is 5.75 Å². The molecular formula is C29H29N5O3S. The van der Waals surface area contributed by atoms with Crippen LogP contribution >= 0.6 is 11.8 Å². The zero-order valence-electron chi connectivity index (χ0n) is 21.6. The number of para-hydroxylation sites is 1. The molecule has 0 fully saturated rings. The third-order valence-electron chi connectivity index (χ3n) is 6.77. The van der Waals surface area contributed by atoms with Crippen LogP contribution in [0.25, 0.3) is 5.69 Å². The van der Waals surface area contributed by atoms with Gasteiger partial charge in [-0.2, -0.15) is 0 Å². The molecule has 2 amide bonds. The van der Waals surface area contributed by atoms with Crippen molar-refractivity contribution in [2.75, 3.05) is 24.3 Å². The lowest BCUT2D eigenvalue weighted by atomic mass is 10.1. The average molecular weight is 528 g/mol. The van der Waals surface area contributed by atoms with E-state index < -0.39 is 0 Å². The number of hydrogen-bond donors (Lipinski definition) is 1. The van der Waals surface area contributed by atoms with Gasteiger partial charge in [0.1, 0.15) is 5.75 Å². The molecule has 194 valence electrons. The van der Waals surface area contributed by atoms with E-state index in [2.05, 4.69) is 34.6 Å². The number of fused-ring (bicyclic) bond motifs is 1. The summed E-state index contributed by atoms with van der Waals surface area (Å²) in [6.45, 7) is 4.95. The summed E-state index contributed by atoms with van der Waals surface area (Å²) in [6, 6.07) is 21.0. The largest absolute Gasteiger partial charge is 0.497 e. The monoisotopic (exact) mass is 527 g/mol. The number of ether oxygens (including phenoxy) is 1. The number of benzene rings is 3. The molecule has 38 heavy (non-hydrogen) atoms. The molecule has 4 aromatic rings. The second-order valence-corrected chi connectivity index (χ2v) is 10.0. The average Bonchev–Trinajstić information content (AvgIpc) is 3.56. The molecule has 0 bridgehead atoms. The highest BCUT2D eigenvalue weighted by atomic mass is 32.2. The first-order valence-electron chi connectivity index (χ1n) is 12.4. The minimum Gasteiger partial charge on any atom is -0.497 e. The van der Waals surface area contributed by atoms with Crippen molar-refractivity contribution in [1.29, 1.82) is 0 Å². The Morgan fingerprint density at radius 3 is 2.63 bits per heavy atom. The molecule has 3 aromatic carbocycles. The van der Waals surface area contributed by atoms with Crippen molar-refractivity contribution in [2.45, 2.75) is 32.0 Å². The smallest absolute Gasteiger partial charge is 0.251 e. The SMILES string of the molecule is COc1cccc(C(=O)NCc2nnc(SCC(=O)N3CCc4ccccc43)n2-c2cccc(C)c2C)c1. The predicted molar refractivity (Wildman–Crippen MR) is 148 cm³/mol. The van der Waals surface area contributed by atoms with Gasteiger partial charge in [0, 0.05) is 17.8 Å². The summed E-state index contributed by atoms with van der Waals surface area (Å²) >= 11 is 1.35. The maximum Gasteiger partial charge on any atom is 0.251 e. The number of nitrogens with one attached hydrogen (secondary N) is 1. The Bertz CT molecular complexity index is 1500. The molecule has 0 spiro atoms. The van der Waals surface area contributed by atoms with Gasteiger partial charge in [0.15, 0.2) is 11.0 Å². The Labute approximate surface area is 226 Å². The fourth-order valence-corrected chi connectivity index (χ4v) is 5.40. The minimum absolute atomic E-state index is 0.0309. The molecule has 0 aliphatic carbocycles. The van der Waals surface area contributed by atoms with E-state index in [1.807, 2.05) is 46.7 Å². The molecule has 2 heterocycles. The second-order valence-electron chi connectivity index (χ2n) is 9.08. The molecule has 9 heteroatoms. The fourth-order valence-electron chi connectivity index (χ4n) is 4.56. The summed E-state index contributed by atoms with van der Waals surface area (Å²) < 4.78 is 7.17. The molecular weight excluding hydrogens is 498 g/mol. The normalized spacial score (nSPS) is 12.3. The molecule has 0 radical (unpaired) electrons. The molecule has 1 N–H and O–H groups in total. The summed E-state index contributed by atoms with van der Waals surface area (Å²) in [5.74, 6) is 1.21. The number of aryl methyl sites for hydroxylation is 1. The molecule has 0 atom stereocenters. The molecule has 1 aliphatic rings. The van der Waals surface area contributed by atoms with Crippen molar-refractivity contribution in [3.63, 3.8) is 0 Å². The van der Waals surface area contributed by atoms with Crippen LogP contribution < -0.4 is 15.0 Å². The number of methoxy groups -OCH3 is 1. The summed E-state index contributed by atoms with van der Waals surface area (Å²) in [6.07, 6.45) is 0.863. The second kappa shape index (κ2) is 11.1. The molecule has 8 nitrogen and oxygen atoms in total. The number of hydrogen-bond acceptors (Lipinski definition) is 6. The lowest BCUT2D eigenvalue weighted by molar-refractivity contribution is -0.116. The summed E-state index contributed by atoms with van der Waals surface area (Å²) in [4.78, 5) is 27.9. The van der Waals surface area contributed by atoms with Gasteiger partial charge in [0.2, 0.25) is 5.91 Å². The molecule has 1 aliphatic heterocycles. The first-order chi connectivity index (χ1) is 18.5. The van der Waals surface area contributed by atoms with Crippen LogP contribution in [-0.4, -0.2) is 46.0 Å². The third kappa shape index (κ3) is 5.15. The Morgan fingerprint density at radius 2 is 1.79 bits per heavy atom. The Kier molecular flexibility index (Phi) is 7.46.